The number of anilines is 1. The second-order valence-corrected chi connectivity index (χ2v) is 7.27. The molecule has 3 rings (SSSR count). The number of hydrogen-bond donors (Lipinski definition) is 4. The van der Waals surface area contributed by atoms with Gasteiger partial charge in [0.25, 0.3) is 0 Å². The first-order chi connectivity index (χ1) is 12.0. The fourth-order valence-electron chi connectivity index (χ4n) is 3.81. The molecule has 0 radical (unpaired) electrons. The molecule has 1 saturated carbocycles. The van der Waals surface area contributed by atoms with Crippen molar-refractivity contribution in [3.05, 3.63) is 29.3 Å². The molecule has 2 aliphatic rings. The highest BCUT2D eigenvalue weighted by Gasteiger charge is 2.42. The summed E-state index contributed by atoms with van der Waals surface area (Å²) in [5.41, 5.74) is 8.06. The minimum Gasteiger partial charge on any atom is -0.340 e. The summed E-state index contributed by atoms with van der Waals surface area (Å²) < 4.78 is 0. The summed E-state index contributed by atoms with van der Waals surface area (Å²) in [6, 6.07) is 5.69. The first-order valence-corrected chi connectivity index (χ1v) is 9.20. The lowest BCUT2D eigenvalue weighted by Crippen LogP contribution is -2.61. The fraction of sp³-hybridized carbons (Fsp3) is 0.579. The van der Waals surface area contributed by atoms with Gasteiger partial charge in [-0.3, -0.25) is 15.0 Å². The standard InChI is InChI=1S/C19H28N4O2/c1-13-7-6-8-14(2)16(13)21-18(25)19(10-4-3-5-11-19)22-17(24)15-9-12-20-23-15/h6-8,15,20,23H,3-5,9-12H2,1-2H3,(H,21,25)(H,22,24). The molecule has 1 aromatic rings. The topological polar surface area (TPSA) is 82.3 Å². The quantitative estimate of drug-likeness (QED) is 0.673. The van der Waals surface area contributed by atoms with Gasteiger partial charge in [0.2, 0.25) is 11.8 Å². The van der Waals surface area contributed by atoms with E-state index in [2.05, 4.69) is 21.5 Å². The van der Waals surface area contributed by atoms with Gasteiger partial charge in [0, 0.05) is 12.2 Å². The summed E-state index contributed by atoms with van der Waals surface area (Å²) in [7, 11) is 0. The van der Waals surface area contributed by atoms with E-state index in [-0.39, 0.29) is 17.9 Å². The molecule has 1 atom stereocenters. The Hall–Kier alpha value is -1.92. The zero-order valence-corrected chi connectivity index (χ0v) is 15.1. The Morgan fingerprint density at radius 1 is 1.12 bits per heavy atom. The van der Waals surface area contributed by atoms with Gasteiger partial charge < -0.3 is 10.6 Å². The summed E-state index contributed by atoms with van der Waals surface area (Å²) >= 11 is 0. The lowest BCUT2D eigenvalue weighted by atomic mass is 9.80. The number of amides is 2. The van der Waals surface area contributed by atoms with Crippen LogP contribution in [0.1, 0.15) is 49.7 Å². The van der Waals surface area contributed by atoms with Crippen LogP contribution in [0.25, 0.3) is 0 Å². The number of rotatable bonds is 4. The SMILES string of the molecule is Cc1cccc(C)c1NC(=O)C1(NC(=O)C2CCNN2)CCCCC1. The molecule has 0 spiro atoms. The van der Waals surface area contributed by atoms with Crippen LogP contribution in [-0.4, -0.2) is 29.9 Å². The molecule has 2 fully saturated rings. The minimum atomic E-state index is -0.811. The van der Waals surface area contributed by atoms with Gasteiger partial charge in [-0.1, -0.05) is 37.5 Å². The van der Waals surface area contributed by atoms with E-state index in [1.165, 1.54) is 0 Å². The zero-order chi connectivity index (χ0) is 17.9. The summed E-state index contributed by atoms with van der Waals surface area (Å²) in [5, 5.41) is 6.18. The van der Waals surface area contributed by atoms with E-state index in [4.69, 9.17) is 0 Å². The largest absolute Gasteiger partial charge is 0.340 e. The maximum absolute atomic E-state index is 13.2. The summed E-state index contributed by atoms with van der Waals surface area (Å²) in [6.07, 6.45) is 5.14. The van der Waals surface area contributed by atoms with Crippen LogP contribution in [0.15, 0.2) is 18.2 Å². The van der Waals surface area contributed by atoms with Crippen molar-refractivity contribution in [2.75, 3.05) is 11.9 Å². The third-order valence-electron chi connectivity index (χ3n) is 5.37. The van der Waals surface area contributed by atoms with Crippen molar-refractivity contribution in [1.82, 2.24) is 16.2 Å². The second kappa shape index (κ2) is 7.54. The molecule has 0 aromatic heterocycles. The maximum atomic E-state index is 13.2. The van der Waals surface area contributed by atoms with Crippen molar-refractivity contribution in [3.63, 3.8) is 0 Å². The van der Waals surface area contributed by atoms with Crippen LogP contribution in [0, 0.1) is 13.8 Å². The number of hydrogen-bond acceptors (Lipinski definition) is 4. The van der Waals surface area contributed by atoms with Crippen LogP contribution in [0.3, 0.4) is 0 Å². The van der Waals surface area contributed by atoms with E-state index < -0.39 is 5.54 Å². The normalized spacial score (nSPS) is 22.4. The van der Waals surface area contributed by atoms with Gasteiger partial charge in [-0.05, 0) is 44.2 Å². The average Bonchev–Trinajstić information content (AvgIpc) is 3.13. The Kier molecular flexibility index (Phi) is 5.39. The van der Waals surface area contributed by atoms with E-state index in [0.29, 0.717) is 12.8 Å². The molecule has 1 heterocycles. The molecule has 1 aliphatic carbocycles. The van der Waals surface area contributed by atoms with Gasteiger partial charge in [0.1, 0.15) is 11.6 Å². The molecule has 1 aliphatic heterocycles. The van der Waals surface area contributed by atoms with Crippen molar-refractivity contribution in [1.29, 1.82) is 0 Å². The van der Waals surface area contributed by atoms with Crippen LogP contribution < -0.4 is 21.5 Å². The molecule has 1 unspecified atom stereocenters. The monoisotopic (exact) mass is 344 g/mol. The van der Waals surface area contributed by atoms with Crippen molar-refractivity contribution in [2.24, 2.45) is 0 Å². The van der Waals surface area contributed by atoms with E-state index >= 15 is 0 Å². The van der Waals surface area contributed by atoms with Crippen molar-refractivity contribution < 1.29 is 9.59 Å². The summed E-state index contributed by atoms with van der Waals surface area (Å²) in [6.45, 7) is 4.74. The maximum Gasteiger partial charge on any atom is 0.250 e. The molecule has 25 heavy (non-hydrogen) atoms. The number of aryl methyl sites for hydroxylation is 2. The molecule has 1 aromatic carbocycles. The van der Waals surface area contributed by atoms with Crippen LogP contribution in [0.2, 0.25) is 0 Å². The second-order valence-electron chi connectivity index (χ2n) is 7.27. The summed E-state index contributed by atoms with van der Waals surface area (Å²) in [5.74, 6) is -0.188. The van der Waals surface area contributed by atoms with E-state index in [1.807, 2.05) is 32.0 Å². The Balaban J connectivity index is 1.79. The van der Waals surface area contributed by atoms with Gasteiger partial charge in [-0.15, -0.1) is 0 Å². The molecule has 4 N–H and O–H groups in total. The third kappa shape index (κ3) is 3.85. The van der Waals surface area contributed by atoms with Crippen LogP contribution >= 0.6 is 0 Å². The number of benzene rings is 1. The predicted molar refractivity (Wildman–Crippen MR) is 98.0 cm³/mol. The highest BCUT2D eigenvalue weighted by molar-refractivity contribution is 6.02. The molecule has 2 amide bonds. The van der Waals surface area contributed by atoms with Gasteiger partial charge in [0.05, 0.1) is 0 Å². The lowest BCUT2D eigenvalue weighted by Gasteiger charge is -2.37. The summed E-state index contributed by atoms with van der Waals surface area (Å²) in [4.78, 5) is 25.8. The van der Waals surface area contributed by atoms with E-state index in [1.54, 1.807) is 0 Å². The van der Waals surface area contributed by atoms with Gasteiger partial charge in [-0.25, -0.2) is 5.43 Å². The van der Waals surface area contributed by atoms with Crippen molar-refractivity contribution >= 4 is 17.5 Å². The lowest BCUT2D eigenvalue weighted by molar-refractivity contribution is -0.132. The van der Waals surface area contributed by atoms with Gasteiger partial charge >= 0.3 is 0 Å². The molecule has 1 saturated heterocycles. The molecule has 136 valence electrons. The van der Waals surface area contributed by atoms with Crippen LogP contribution in [-0.2, 0) is 9.59 Å². The minimum absolute atomic E-state index is 0.0936. The van der Waals surface area contributed by atoms with Crippen molar-refractivity contribution in [2.45, 2.75) is 64.0 Å². The number of carbonyl (C=O) groups excluding carboxylic acids is 2. The highest BCUT2D eigenvalue weighted by Crippen LogP contribution is 2.31. The fourth-order valence-corrected chi connectivity index (χ4v) is 3.81. The number of hydrazine groups is 1. The smallest absolute Gasteiger partial charge is 0.250 e. The Labute approximate surface area is 149 Å². The predicted octanol–water partition coefficient (Wildman–Crippen LogP) is 1.93. The van der Waals surface area contributed by atoms with E-state index in [9.17, 15) is 9.59 Å². The molecule has 0 bridgehead atoms. The van der Waals surface area contributed by atoms with Crippen molar-refractivity contribution in [3.8, 4) is 0 Å². The number of para-hydroxylation sites is 1. The Morgan fingerprint density at radius 2 is 1.80 bits per heavy atom. The first-order valence-electron chi connectivity index (χ1n) is 9.20. The number of carbonyl (C=O) groups is 2. The molecule has 6 heteroatoms. The Morgan fingerprint density at radius 3 is 2.40 bits per heavy atom. The van der Waals surface area contributed by atoms with Gasteiger partial charge in [0.15, 0.2) is 0 Å². The van der Waals surface area contributed by atoms with Crippen LogP contribution in [0.5, 0.6) is 0 Å². The third-order valence-corrected chi connectivity index (χ3v) is 5.37. The van der Waals surface area contributed by atoms with Crippen LogP contribution in [0.4, 0.5) is 5.69 Å². The highest BCUT2D eigenvalue weighted by atomic mass is 16.2. The van der Waals surface area contributed by atoms with Gasteiger partial charge in [-0.2, -0.15) is 0 Å². The molecule has 6 nitrogen and oxygen atoms in total. The zero-order valence-electron chi connectivity index (χ0n) is 15.1. The molecular formula is C19H28N4O2. The first kappa shape index (κ1) is 17.9. The van der Waals surface area contributed by atoms with E-state index in [0.717, 1.165) is 49.0 Å². The average molecular weight is 344 g/mol. The Bertz CT molecular complexity index is 627. The molecular weight excluding hydrogens is 316 g/mol. The number of nitrogens with one attached hydrogen (secondary N) is 4.